The molecule has 0 fully saturated rings. The highest BCUT2D eigenvalue weighted by atomic mass is 15.3. The Morgan fingerprint density at radius 2 is 2.00 bits per heavy atom. The molecule has 0 aromatic heterocycles. The van der Waals surface area contributed by atoms with Gasteiger partial charge in [0.05, 0.1) is 6.04 Å². The van der Waals surface area contributed by atoms with Crippen LogP contribution in [0.3, 0.4) is 0 Å². The maximum absolute atomic E-state index is 4.97. The van der Waals surface area contributed by atoms with Crippen molar-refractivity contribution in [1.29, 1.82) is 0 Å². The van der Waals surface area contributed by atoms with Crippen molar-refractivity contribution in [3.8, 4) is 0 Å². The Balaban J connectivity index is 2.22. The lowest BCUT2D eigenvalue weighted by atomic mass is 10.1. The topological polar surface area (TPSA) is 50.7 Å². The molecule has 3 nitrogen and oxygen atoms in total. The first-order valence-corrected chi connectivity index (χ1v) is 4.97. The van der Waals surface area contributed by atoms with E-state index in [0.29, 0.717) is 0 Å². The molecule has 1 rings (SSSR count). The van der Waals surface area contributed by atoms with E-state index in [1.807, 2.05) is 13.0 Å². The largest absolute Gasteiger partial charge is 0.305 e. The average Bonchev–Trinajstić information content (AvgIpc) is 2.20. The van der Waals surface area contributed by atoms with Crippen LogP contribution in [0.15, 0.2) is 40.7 Å². The van der Waals surface area contributed by atoms with Crippen LogP contribution in [0.25, 0.3) is 0 Å². The molecular formula is C11H17N3. The predicted octanol–water partition coefficient (Wildman–Crippen LogP) is 2.72. The van der Waals surface area contributed by atoms with Gasteiger partial charge in [-0.25, -0.2) is 0 Å². The molecule has 14 heavy (non-hydrogen) atoms. The first kappa shape index (κ1) is 10.7. The van der Waals surface area contributed by atoms with Crippen LogP contribution in [0.4, 0.5) is 0 Å². The molecular weight excluding hydrogens is 174 g/mol. The van der Waals surface area contributed by atoms with Crippen molar-refractivity contribution in [2.24, 2.45) is 16.2 Å². The molecule has 0 aliphatic rings. The molecule has 0 heterocycles. The highest BCUT2D eigenvalue weighted by Crippen LogP contribution is 2.07. The van der Waals surface area contributed by atoms with E-state index in [9.17, 15) is 0 Å². The van der Waals surface area contributed by atoms with Gasteiger partial charge in [0, 0.05) is 0 Å². The molecule has 2 N–H and O–H groups in total. The standard InChI is InChI=1S/C11H17N3/c1-10(13-14-12)6-5-9-11-7-3-2-4-8-11/h2-4,7-8,10H,5-6,9H2,1H3,(H2,12,13). The molecule has 1 aromatic rings. The van der Waals surface area contributed by atoms with Crippen molar-refractivity contribution < 1.29 is 0 Å². The summed E-state index contributed by atoms with van der Waals surface area (Å²) in [6.45, 7) is 2.03. The van der Waals surface area contributed by atoms with E-state index in [0.717, 1.165) is 19.3 Å². The summed E-state index contributed by atoms with van der Waals surface area (Å²) in [5.74, 6) is 4.97. The van der Waals surface area contributed by atoms with Crippen molar-refractivity contribution in [2.45, 2.75) is 32.2 Å². The minimum absolute atomic E-state index is 0.240. The zero-order chi connectivity index (χ0) is 10.2. The molecule has 76 valence electrons. The maximum atomic E-state index is 4.97. The van der Waals surface area contributed by atoms with Crippen LogP contribution < -0.4 is 5.84 Å². The Hall–Kier alpha value is -1.38. The first-order valence-electron chi connectivity index (χ1n) is 4.97. The average molecular weight is 191 g/mol. The number of rotatable bonds is 5. The van der Waals surface area contributed by atoms with Gasteiger partial charge >= 0.3 is 0 Å². The van der Waals surface area contributed by atoms with Crippen LogP contribution in [0, 0.1) is 0 Å². The molecule has 0 bridgehead atoms. The van der Waals surface area contributed by atoms with Crippen LogP contribution in [-0.2, 0) is 6.42 Å². The van der Waals surface area contributed by atoms with Gasteiger partial charge in [0.1, 0.15) is 0 Å². The van der Waals surface area contributed by atoms with Crippen LogP contribution in [0.1, 0.15) is 25.3 Å². The van der Waals surface area contributed by atoms with Gasteiger partial charge in [0.15, 0.2) is 0 Å². The third-order valence-electron chi connectivity index (χ3n) is 2.19. The molecule has 0 amide bonds. The number of hydrogen-bond donors (Lipinski definition) is 1. The molecule has 0 saturated heterocycles. The summed E-state index contributed by atoms with van der Waals surface area (Å²) in [6.07, 6.45) is 3.27. The summed E-state index contributed by atoms with van der Waals surface area (Å²) < 4.78 is 0. The molecule has 0 radical (unpaired) electrons. The van der Waals surface area contributed by atoms with E-state index in [1.54, 1.807) is 0 Å². The second kappa shape index (κ2) is 6.13. The smallest absolute Gasteiger partial charge is 0.0701 e. The van der Waals surface area contributed by atoms with Crippen LogP contribution in [0.2, 0.25) is 0 Å². The van der Waals surface area contributed by atoms with Crippen molar-refractivity contribution in [3.63, 3.8) is 0 Å². The molecule has 1 unspecified atom stereocenters. The fourth-order valence-corrected chi connectivity index (χ4v) is 1.42. The SMILES string of the molecule is CC(CCCc1ccccc1)N=NN. The first-order chi connectivity index (χ1) is 6.83. The lowest BCUT2D eigenvalue weighted by molar-refractivity contribution is 0.595. The van der Waals surface area contributed by atoms with Gasteiger partial charge in [-0.2, -0.15) is 5.11 Å². The molecule has 0 spiro atoms. The van der Waals surface area contributed by atoms with Crippen LogP contribution >= 0.6 is 0 Å². The second-order valence-electron chi connectivity index (χ2n) is 3.46. The Morgan fingerprint density at radius 3 is 2.64 bits per heavy atom. The summed E-state index contributed by atoms with van der Waals surface area (Å²) in [5.41, 5.74) is 1.38. The molecule has 0 aliphatic carbocycles. The van der Waals surface area contributed by atoms with E-state index in [4.69, 9.17) is 5.84 Å². The molecule has 0 saturated carbocycles. The van der Waals surface area contributed by atoms with Gasteiger partial charge in [0.2, 0.25) is 0 Å². The predicted molar refractivity (Wildman–Crippen MR) is 57.9 cm³/mol. The zero-order valence-electron chi connectivity index (χ0n) is 8.56. The van der Waals surface area contributed by atoms with Crippen molar-refractivity contribution in [1.82, 2.24) is 0 Å². The van der Waals surface area contributed by atoms with E-state index < -0.39 is 0 Å². The molecule has 0 aliphatic heterocycles. The van der Waals surface area contributed by atoms with Gasteiger partial charge in [-0.05, 0) is 31.7 Å². The lowest BCUT2D eigenvalue weighted by Gasteiger charge is -2.03. The van der Waals surface area contributed by atoms with Crippen LogP contribution in [0.5, 0.6) is 0 Å². The summed E-state index contributed by atoms with van der Waals surface area (Å²) in [5, 5.41) is 7.14. The Morgan fingerprint density at radius 1 is 1.29 bits per heavy atom. The number of nitrogens with zero attached hydrogens (tertiary/aromatic N) is 2. The number of benzene rings is 1. The summed E-state index contributed by atoms with van der Waals surface area (Å²) in [7, 11) is 0. The van der Waals surface area contributed by atoms with Gasteiger partial charge in [0.25, 0.3) is 0 Å². The fraction of sp³-hybridized carbons (Fsp3) is 0.455. The van der Waals surface area contributed by atoms with E-state index in [2.05, 4.69) is 34.6 Å². The van der Waals surface area contributed by atoms with Gasteiger partial charge < -0.3 is 5.84 Å². The third-order valence-corrected chi connectivity index (χ3v) is 2.19. The van der Waals surface area contributed by atoms with Crippen molar-refractivity contribution >= 4 is 0 Å². The normalized spacial score (nSPS) is 13.2. The van der Waals surface area contributed by atoms with E-state index >= 15 is 0 Å². The van der Waals surface area contributed by atoms with Gasteiger partial charge in [-0.1, -0.05) is 35.6 Å². The Labute approximate surface area is 85.0 Å². The monoisotopic (exact) mass is 191 g/mol. The second-order valence-corrected chi connectivity index (χ2v) is 3.46. The summed E-state index contributed by atoms with van der Waals surface area (Å²) in [6, 6.07) is 10.7. The summed E-state index contributed by atoms with van der Waals surface area (Å²) in [4.78, 5) is 0. The minimum atomic E-state index is 0.240. The fourth-order valence-electron chi connectivity index (χ4n) is 1.42. The van der Waals surface area contributed by atoms with E-state index in [1.165, 1.54) is 5.56 Å². The third kappa shape index (κ3) is 4.03. The number of nitrogens with two attached hydrogens (primary N) is 1. The zero-order valence-corrected chi connectivity index (χ0v) is 8.56. The van der Waals surface area contributed by atoms with Gasteiger partial charge in [-0.3, -0.25) is 0 Å². The number of hydrogen-bond acceptors (Lipinski definition) is 2. The van der Waals surface area contributed by atoms with E-state index in [-0.39, 0.29) is 6.04 Å². The molecule has 3 heteroatoms. The number of aryl methyl sites for hydroxylation is 1. The van der Waals surface area contributed by atoms with Crippen molar-refractivity contribution in [2.75, 3.05) is 0 Å². The lowest BCUT2D eigenvalue weighted by Crippen LogP contribution is -1.99. The highest BCUT2D eigenvalue weighted by molar-refractivity contribution is 5.14. The minimum Gasteiger partial charge on any atom is -0.305 e. The molecule has 1 aromatic carbocycles. The Kier molecular flexibility index (Phi) is 4.69. The quantitative estimate of drug-likeness (QED) is 0.434. The van der Waals surface area contributed by atoms with Crippen molar-refractivity contribution in [3.05, 3.63) is 35.9 Å². The van der Waals surface area contributed by atoms with Crippen LogP contribution in [-0.4, -0.2) is 6.04 Å². The summed E-state index contributed by atoms with van der Waals surface area (Å²) >= 11 is 0. The maximum Gasteiger partial charge on any atom is 0.0701 e. The molecule has 1 atom stereocenters. The Bertz CT molecular complexity index is 269. The van der Waals surface area contributed by atoms with Gasteiger partial charge in [-0.15, -0.1) is 0 Å². The highest BCUT2D eigenvalue weighted by Gasteiger charge is 1.99.